The van der Waals surface area contributed by atoms with E-state index in [-0.39, 0.29) is 18.3 Å². The molecule has 0 aromatic rings. The summed E-state index contributed by atoms with van der Waals surface area (Å²) in [5, 5.41) is 6.24. The van der Waals surface area contributed by atoms with Gasteiger partial charge in [-0.25, -0.2) is 0 Å². The fourth-order valence-electron chi connectivity index (χ4n) is 2.42. The number of rotatable bonds is 3. The molecule has 2 fully saturated rings. The number of piperidine rings is 1. The van der Waals surface area contributed by atoms with Crippen LogP contribution in [-0.4, -0.2) is 50.1 Å². The van der Waals surface area contributed by atoms with Crippen LogP contribution in [0.2, 0.25) is 0 Å². The zero-order valence-electron chi connectivity index (χ0n) is 9.71. The summed E-state index contributed by atoms with van der Waals surface area (Å²) in [6.45, 7) is 5.89. The first kappa shape index (κ1) is 13.7. The Kier molecular flexibility index (Phi) is 6.09. The van der Waals surface area contributed by atoms with Gasteiger partial charge in [0.1, 0.15) is 0 Å². The van der Waals surface area contributed by atoms with Crippen molar-refractivity contribution in [1.82, 2.24) is 15.5 Å². The van der Waals surface area contributed by atoms with E-state index in [0.717, 1.165) is 25.6 Å². The van der Waals surface area contributed by atoms with Gasteiger partial charge in [-0.15, -0.1) is 12.4 Å². The number of nitrogens with one attached hydrogen (secondary N) is 2. The van der Waals surface area contributed by atoms with E-state index in [0.29, 0.717) is 6.54 Å². The Morgan fingerprint density at radius 2 is 2.00 bits per heavy atom. The van der Waals surface area contributed by atoms with Gasteiger partial charge in [-0.3, -0.25) is 9.69 Å². The highest BCUT2D eigenvalue weighted by molar-refractivity contribution is 5.85. The first-order valence-electron chi connectivity index (χ1n) is 6.04. The van der Waals surface area contributed by atoms with Crippen LogP contribution in [0.1, 0.15) is 19.3 Å². The molecule has 0 atom stereocenters. The summed E-state index contributed by atoms with van der Waals surface area (Å²) >= 11 is 0. The average Bonchev–Trinajstić information content (AvgIpc) is 2.28. The van der Waals surface area contributed by atoms with Gasteiger partial charge in [-0.2, -0.15) is 0 Å². The number of carbonyl (C=O) groups excluding carboxylic acids is 1. The second kappa shape index (κ2) is 7.09. The highest BCUT2D eigenvalue weighted by atomic mass is 35.5. The molecule has 2 aliphatic rings. The molecule has 0 spiro atoms. The SMILES string of the molecule is Cl.O=C1CN(CCC2CCNCC2)CCN1. The van der Waals surface area contributed by atoms with Crippen LogP contribution in [0.4, 0.5) is 0 Å². The van der Waals surface area contributed by atoms with Gasteiger partial charge in [0.25, 0.3) is 0 Å². The summed E-state index contributed by atoms with van der Waals surface area (Å²) in [6.07, 6.45) is 3.87. The van der Waals surface area contributed by atoms with E-state index in [1.165, 1.54) is 32.4 Å². The van der Waals surface area contributed by atoms with Crippen molar-refractivity contribution in [3.8, 4) is 0 Å². The van der Waals surface area contributed by atoms with Crippen molar-refractivity contribution in [2.75, 3.05) is 39.3 Å². The second-order valence-electron chi connectivity index (χ2n) is 4.61. The van der Waals surface area contributed by atoms with Crippen LogP contribution >= 0.6 is 12.4 Å². The molecule has 4 nitrogen and oxygen atoms in total. The maximum absolute atomic E-state index is 11.2. The van der Waals surface area contributed by atoms with Crippen LogP contribution in [0.15, 0.2) is 0 Å². The van der Waals surface area contributed by atoms with Gasteiger partial charge in [0.05, 0.1) is 6.54 Å². The molecular weight excluding hydrogens is 226 g/mol. The Morgan fingerprint density at radius 1 is 1.25 bits per heavy atom. The number of hydrogen-bond acceptors (Lipinski definition) is 3. The van der Waals surface area contributed by atoms with Crippen LogP contribution in [0.3, 0.4) is 0 Å². The zero-order valence-corrected chi connectivity index (χ0v) is 10.5. The number of nitrogens with zero attached hydrogens (tertiary/aromatic N) is 1. The summed E-state index contributed by atoms with van der Waals surface area (Å²) in [5.74, 6) is 1.06. The molecule has 5 heteroatoms. The van der Waals surface area contributed by atoms with Gasteiger partial charge in [-0.1, -0.05) is 0 Å². The number of hydrogen-bond donors (Lipinski definition) is 2. The maximum atomic E-state index is 11.2. The summed E-state index contributed by atoms with van der Waals surface area (Å²) < 4.78 is 0. The third-order valence-electron chi connectivity index (χ3n) is 3.43. The van der Waals surface area contributed by atoms with Crippen LogP contribution in [0, 0.1) is 5.92 Å². The largest absolute Gasteiger partial charge is 0.354 e. The predicted octanol–water partition coefficient (Wildman–Crippen LogP) is 0.230. The van der Waals surface area contributed by atoms with Gasteiger partial charge in [0, 0.05) is 13.1 Å². The fraction of sp³-hybridized carbons (Fsp3) is 0.909. The molecule has 0 unspecified atom stereocenters. The molecule has 0 radical (unpaired) electrons. The summed E-state index contributed by atoms with van der Waals surface area (Å²) in [5.41, 5.74) is 0. The summed E-state index contributed by atoms with van der Waals surface area (Å²) in [7, 11) is 0. The molecule has 1 amide bonds. The van der Waals surface area contributed by atoms with Crippen molar-refractivity contribution >= 4 is 18.3 Å². The van der Waals surface area contributed by atoms with Crippen LogP contribution in [0.25, 0.3) is 0 Å². The topological polar surface area (TPSA) is 44.4 Å². The Balaban J connectivity index is 0.00000128. The van der Waals surface area contributed by atoms with Gasteiger partial charge in [0.2, 0.25) is 5.91 Å². The monoisotopic (exact) mass is 247 g/mol. The van der Waals surface area contributed by atoms with Crippen molar-refractivity contribution < 1.29 is 4.79 Å². The third kappa shape index (κ3) is 4.28. The van der Waals surface area contributed by atoms with Gasteiger partial charge in [0.15, 0.2) is 0 Å². The van der Waals surface area contributed by atoms with Gasteiger partial charge >= 0.3 is 0 Å². The van der Waals surface area contributed by atoms with Crippen LogP contribution < -0.4 is 10.6 Å². The minimum atomic E-state index is 0. The highest BCUT2D eigenvalue weighted by Gasteiger charge is 2.18. The van der Waals surface area contributed by atoms with E-state index in [1.54, 1.807) is 0 Å². The molecule has 94 valence electrons. The number of halogens is 1. The maximum Gasteiger partial charge on any atom is 0.234 e. The van der Waals surface area contributed by atoms with Crippen molar-refractivity contribution in [2.24, 2.45) is 5.92 Å². The predicted molar refractivity (Wildman–Crippen MR) is 66.9 cm³/mol. The van der Waals surface area contributed by atoms with Crippen molar-refractivity contribution in [1.29, 1.82) is 0 Å². The normalized spacial score (nSPS) is 23.6. The van der Waals surface area contributed by atoms with Crippen LogP contribution in [0.5, 0.6) is 0 Å². The minimum Gasteiger partial charge on any atom is -0.354 e. The van der Waals surface area contributed by atoms with Crippen molar-refractivity contribution in [3.63, 3.8) is 0 Å². The summed E-state index contributed by atoms with van der Waals surface area (Å²) in [6, 6.07) is 0. The molecule has 2 saturated heterocycles. The van der Waals surface area contributed by atoms with E-state index >= 15 is 0 Å². The molecular formula is C11H22ClN3O. The lowest BCUT2D eigenvalue weighted by atomic mass is 9.94. The molecule has 2 heterocycles. The lowest BCUT2D eigenvalue weighted by Crippen LogP contribution is -2.48. The molecule has 0 aromatic heterocycles. The van der Waals surface area contributed by atoms with Gasteiger partial charge in [-0.05, 0) is 44.8 Å². The van der Waals surface area contributed by atoms with Crippen LogP contribution in [-0.2, 0) is 4.79 Å². The van der Waals surface area contributed by atoms with Crippen molar-refractivity contribution in [2.45, 2.75) is 19.3 Å². The van der Waals surface area contributed by atoms with Crippen molar-refractivity contribution in [3.05, 3.63) is 0 Å². The van der Waals surface area contributed by atoms with E-state index in [4.69, 9.17) is 0 Å². The minimum absolute atomic E-state index is 0. The third-order valence-corrected chi connectivity index (χ3v) is 3.43. The van der Waals surface area contributed by atoms with E-state index in [1.807, 2.05) is 0 Å². The van der Waals surface area contributed by atoms with E-state index in [9.17, 15) is 4.79 Å². The second-order valence-corrected chi connectivity index (χ2v) is 4.61. The lowest BCUT2D eigenvalue weighted by molar-refractivity contribution is -0.124. The first-order valence-corrected chi connectivity index (χ1v) is 6.04. The van der Waals surface area contributed by atoms with E-state index < -0.39 is 0 Å². The molecule has 0 aliphatic carbocycles. The number of amides is 1. The summed E-state index contributed by atoms with van der Waals surface area (Å²) in [4.78, 5) is 13.4. The van der Waals surface area contributed by atoms with Gasteiger partial charge < -0.3 is 10.6 Å². The molecule has 2 aliphatic heterocycles. The quantitative estimate of drug-likeness (QED) is 0.751. The molecule has 2 rings (SSSR count). The number of piperazine rings is 1. The Labute approximate surface area is 104 Å². The molecule has 0 saturated carbocycles. The Morgan fingerprint density at radius 3 is 2.69 bits per heavy atom. The van der Waals surface area contributed by atoms with E-state index in [2.05, 4.69) is 15.5 Å². The molecule has 2 N–H and O–H groups in total. The Bertz CT molecular complexity index is 219. The smallest absolute Gasteiger partial charge is 0.234 e. The highest BCUT2D eigenvalue weighted by Crippen LogP contribution is 2.16. The molecule has 0 bridgehead atoms. The number of carbonyl (C=O) groups is 1. The standard InChI is InChI=1S/C11H21N3O.ClH/c15-11-9-14(8-6-13-11)7-3-10-1-4-12-5-2-10;/h10,12H,1-9H2,(H,13,15);1H. The average molecular weight is 248 g/mol. The fourth-order valence-corrected chi connectivity index (χ4v) is 2.42. The molecule has 16 heavy (non-hydrogen) atoms. The zero-order chi connectivity index (χ0) is 10.5. The lowest BCUT2D eigenvalue weighted by Gasteiger charge is -2.29. The first-order chi connectivity index (χ1) is 7.34. The molecule has 0 aromatic carbocycles. The Hall–Kier alpha value is -0.320.